The molecule has 1 atom stereocenters. The van der Waals surface area contributed by atoms with Crippen LogP contribution in [0.1, 0.15) is 44.1 Å². The Morgan fingerprint density at radius 1 is 0.962 bits per heavy atom. The van der Waals surface area contributed by atoms with Crippen molar-refractivity contribution in [2.75, 3.05) is 26.2 Å². The summed E-state index contributed by atoms with van der Waals surface area (Å²) in [5.41, 5.74) is 1.05. The van der Waals surface area contributed by atoms with Gasteiger partial charge in [0.05, 0.1) is 5.92 Å². The molecule has 0 aromatic heterocycles. The summed E-state index contributed by atoms with van der Waals surface area (Å²) in [4.78, 5) is 12.5. The molecule has 0 spiro atoms. The number of piperidine rings is 1. The molecule has 6 nitrogen and oxygen atoms in total. The van der Waals surface area contributed by atoms with Crippen molar-refractivity contribution in [2.24, 2.45) is 5.92 Å². The summed E-state index contributed by atoms with van der Waals surface area (Å²) >= 11 is 0. The summed E-state index contributed by atoms with van der Waals surface area (Å²) in [6.45, 7) is 2.49. The highest BCUT2D eigenvalue weighted by molar-refractivity contribution is 7.86. The molecule has 2 saturated heterocycles. The lowest BCUT2D eigenvalue weighted by atomic mass is 9.99. The maximum atomic E-state index is 13.0. The number of hydrogen-bond acceptors (Lipinski definition) is 3. The monoisotopic (exact) mass is 379 g/mol. The number of carbonyl (C=O) groups excluding carboxylic acids is 1. The lowest BCUT2D eigenvalue weighted by molar-refractivity contribution is -0.126. The van der Waals surface area contributed by atoms with E-state index in [1.54, 1.807) is 4.31 Å². The Labute approximate surface area is 156 Å². The molecule has 2 aliphatic heterocycles. The fourth-order valence-electron chi connectivity index (χ4n) is 3.73. The lowest BCUT2D eigenvalue weighted by Crippen LogP contribution is -2.50. The van der Waals surface area contributed by atoms with Crippen LogP contribution in [0.4, 0.5) is 0 Å². The van der Waals surface area contributed by atoms with E-state index in [2.05, 4.69) is 5.32 Å². The summed E-state index contributed by atoms with van der Waals surface area (Å²) in [6, 6.07) is 9.77. The van der Waals surface area contributed by atoms with Crippen molar-refractivity contribution >= 4 is 16.1 Å². The Kier molecular flexibility index (Phi) is 6.67. The first-order chi connectivity index (χ1) is 12.6. The molecular formula is C19H29N3O3S. The van der Waals surface area contributed by atoms with E-state index in [4.69, 9.17) is 0 Å². The first kappa shape index (κ1) is 19.3. The largest absolute Gasteiger partial charge is 0.352 e. The van der Waals surface area contributed by atoms with Crippen LogP contribution >= 0.6 is 0 Å². The van der Waals surface area contributed by atoms with Crippen LogP contribution in [0.5, 0.6) is 0 Å². The van der Waals surface area contributed by atoms with Crippen molar-refractivity contribution in [1.29, 1.82) is 0 Å². The van der Waals surface area contributed by atoms with Crippen molar-refractivity contribution in [3.05, 3.63) is 35.9 Å². The van der Waals surface area contributed by atoms with E-state index < -0.39 is 10.2 Å². The summed E-state index contributed by atoms with van der Waals surface area (Å²) < 4.78 is 29.1. The van der Waals surface area contributed by atoms with E-state index in [0.717, 1.165) is 44.1 Å². The number of carbonyl (C=O) groups is 1. The van der Waals surface area contributed by atoms with Gasteiger partial charge >= 0.3 is 0 Å². The molecule has 1 aromatic rings. The normalized spacial score (nSPS) is 23.3. The van der Waals surface area contributed by atoms with Crippen molar-refractivity contribution < 1.29 is 13.2 Å². The van der Waals surface area contributed by atoms with E-state index in [1.807, 2.05) is 30.3 Å². The highest BCUT2D eigenvalue weighted by Crippen LogP contribution is 2.23. The smallest absolute Gasteiger partial charge is 0.281 e. The van der Waals surface area contributed by atoms with Crippen LogP contribution in [0.15, 0.2) is 30.3 Å². The van der Waals surface area contributed by atoms with Gasteiger partial charge in [0.25, 0.3) is 10.2 Å². The fraction of sp³-hybridized carbons (Fsp3) is 0.632. The first-order valence-corrected chi connectivity index (χ1v) is 11.0. The van der Waals surface area contributed by atoms with Crippen molar-refractivity contribution in [3.63, 3.8) is 0 Å². The molecule has 1 unspecified atom stereocenters. The van der Waals surface area contributed by atoms with Gasteiger partial charge in [0.1, 0.15) is 0 Å². The predicted octanol–water partition coefficient (Wildman–Crippen LogP) is 2.14. The van der Waals surface area contributed by atoms with Crippen LogP contribution in [0.2, 0.25) is 0 Å². The number of hydrogen-bond donors (Lipinski definition) is 1. The van der Waals surface area contributed by atoms with Crippen molar-refractivity contribution in [2.45, 2.75) is 45.1 Å². The maximum Gasteiger partial charge on any atom is 0.281 e. The third-order valence-electron chi connectivity index (χ3n) is 5.28. The van der Waals surface area contributed by atoms with Gasteiger partial charge in [-0.2, -0.15) is 17.0 Å². The number of benzene rings is 1. The van der Waals surface area contributed by atoms with Gasteiger partial charge in [-0.25, -0.2) is 0 Å². The number of amides is 1. The Morgan fingerprint density at radius 3 is 2.31 bits per heavy atom. The predicted molar refractivity (Wildman–Crippen MR) is 102 cm³/mol. The minimum Gasteiger partial charge on any atom is -0.352 e. The van der Waals surface area contributed by atoms with Crippen LogP contribution in [-0.2, 0) is 21.5 Å². The minimum atomic E-state index is -3.46. The van der Waals surface area contributed by atoms with E-state index in [-0.39, 0.29) is 11.8 Å². The summed E-state index contributed by atoms with van der Waals surface area (Å²) in [7, 11) is -3.46. The highest BCUT2D eigenvalue weighted by atomic mass is 32.2. The van der Waals surface area contributed by atoms with Crippen LogP contribution in [-0.4, -0.2) is 49.1 Å². The molecule has 1 aromatic carbocycles. The molecule has 2 aliphatic rings. The van der Waals surface area contributed by atoms with Gasteiger partial charge in [-0.3, -0.25) is 4.79 Å². The molecule has 1 amide bonds. The van der Waals surface area contributed by atoms with Crippen molar-refractivity contribution in [1.82, 2.24) is 13.9 Å². The Morgan fingerprint density at radius 2 is 1.62 bits per heavy atom. The molecule has 7 heteroatoms. The molecule has 26 heavy (non-hydrogen) atoms. The minimum absolute atomic E-state index is 0.0513. The Bertz CT molecular complexity index is 685. The molecule has 2 fully saturated rings. The van der Waals surface area contributed by atoms with Gasteiger partial charge in [-0.05, 0) is 31.2 Å². The Hall–Kier alpha value is -1.44. The van der Waals surface area contributed by atoms with E-state index in [1.165, 1.54) is 4.31 Å². The maximum absolute atomic E-state index is 13.0. The van der Waals surface area contributed by atoms with Crippen LogP contribution in [0, 0.1) is 5.92 Å². The average molecular weight is 380 g/mol. The third-order valence-corrected chi connectivity index (χ3v) is 7.28. The van der Waals surface area contributed by atoms with Crippen molar-refractivity contribution in [3.8, 4) is 0 Å². The number of rotatable bonds is 5. The zero-order valence-corrected chi connectivity index (χ0v) is 16.1. The number of nitrogens with one attached hydrogen (secondary N) is 1. The molecule has 1 N–H and O–H groups in total. The summed E-state index contributed by atoms with van der Waals surface area (Å²) in [5, 5.41) is 2.96. The zero-order chi connectivity index (χ0) is 18.4. The molecular weight excluding hydrogens is 350 g/mol. The third kappa shape index (κ3) is 4.84. The zero-order valence-electron chi connectivity index (χ0n) is 15.3. The van der Waals surface area contributed by atoms with Gasteiger partial charge in [0.15, 0.2) is 0 Å². The second kappa shape index (κ2) is 8.97. The van der Waals surface area contributed by atoms with E-state index in [9.17, 15) is 13.2 Å². The van der Waals surface area contributed by atoms with Crippen LogP contribution in [0.25, 0.3) is 0 Å². The van der Waals surface area contributed by atoms with Gasteiger partial charge in [0, 0.05) is 32.7 Å². The van der Waals surface area contributed by atoms with Crippen LogP contribution < -0.4 is 5.32 Å². The highest BCUT2D eigenvalue weighted by Gasteiger charge is 2.35. The second-order valence-corrected chi connectivity index (χ2v) is 9.15. The molecule has 144 valence electrons. The molecule has 0 bridgehead atoms. The molecule has 0 radical (unpaired) electrons. The average Bonchev–Trinajstić information content (AvgIpc) is 2.97. The Balaban J connectivity index is 1.58. The second-order valence-electron chi connectivity index (χ2n) is 7.22. The van der Waals surface area contributed by atoms with Gasteiger partial charge in [-0.1, -0.05) is 43.2 Å². The van der Waals surface area contributed by atoms with Gasteiger partial charge < -0.3 is 5.32 Å². The number of nitrogens with zero attached hydrogens (tertiary/aromatic N) is 2. The molecule has 0 saturated carbocycles. The topological polar surface area (TPSA) is 69.7 Å². The van der Waals surface area contributed by atoms with Crippen LogP contribution in [0.3, 0.4) is 0 Å². The molecule has 2 heterocycles. The van der Waals surface area contributed by atoms with Gasteiger partial charge in [-0.15, -0.1) is 0 Å². The summed E-state index contributed by atoms with van der Waals surface area (Å²) in [6.07, 6.45) is 5.51. The van der Waals surface area contributed by atoms with E-state index >= 15 is 0 Å². The van der Waals surface area contributed by atoms with Gasteiger partial charge in [0.2, 0.25) is 5.91 Å². The quantitative estimate of drug-likeness (QED) is 0.852. The molecule has 0 aliphatic carbocycles. The van der Waals surface area contributed by atoms with E-state index in [0.29, 0.717) is 32.7 Å². The first-order valence-electron chi connectivity index (χ1n) is 9.64. The summed E-state index contributed by atoms with van der Waals surface area (Å²) in [5.74, 6) is -0.321. The lowest BCUT2D eigenvalue weighted by Gasteiger charge is -2.34. The SMILES string of the molecule is O=C(NCc1ccccc1)C1CCCN(S(=O)(=O)N2CCCCCC2)C1. The standard InChI is InChI=1S/C19H29N3O3S/c23-19(20-15-17-9-4-3-5-10-17)18-11-8-14-22(16-18)26(24,25)21-12-6-1-2-7-13-21/h3-5,9-10,18H,1-2,6-8,11-16H2,(H,20,23). The molecule has 3 rings (SSSR count). The fourth-order valence-corrected chi connectivity index (χ4v) is 5.51.